The maximum atomic E-state index is 13.0. The van der Waals surface area contributed by atoms with Gasteiger partial charge in [-0.25, -0.2) is 9.37 Å². The fourth-order valence-corrected chi connectivity index (χ4v) is 4.41. The molecule has 0 spiro atoms. The van der Waals surface area contributed by atoms with Crippen molar-refractivity contribution in [1.82, 2.24) is 9.88 Å². The number of carbonyl (C=O) groups is 2. The summed E-state index contributed by atoms with van der Waals surface area (Å²) < 4.78 is 14.1. The van der Waals surface area contributed by atoms with Gasteiger partial charge in [0, 0.05) is 24.6 Å². The number of hydrogen-bond donors (Lipinski definition) is 1. The monoisotopic (exact) mass is 397 g/mol. The SMILES string of the molecule is Cc1cccc2sc(NC(=O)C3CCN(C(=O)c4ccc(F)cc4)CC3)nc12. The first-order chi connectivity index (χ1) is 13.5. The summed E-state index contributed by atoms with van der Waals surface area (Å²) >= 11 is 1.47. The van der Waals surface area contributed by atoms with Crippen LogP contribution in [0.3, 0.4) is 0 Å². The molecule has 0 radical (unpaired) electrons. The number of fused-ring (bicyclic) bond motifs is 1. The third-order valence-electron chi connectivity index (χ3n) is 5.09. The molecule has 2 heterocycles. The Morgan fingerprint density at radius 1 is 1.14 bits per heavy atom. The number of aryl methyl sites for hydroxylation is 1. The third kappa shape index (κ3) is 3.75. The van der Waals surface area contributed by atoms with E-state index in [2.05, 4.69) is 10.3 Å². The molecule has 0 aliphatic carbocycles. The van der Waals surface area contributed by atoms with Crippen molar-refractivity contribution in [3.63, 3.8) is 0 Å². The van der Waals surface area contributed by atoms with Crippen molar-refractivity contribution in [3.8, 4) is 0 Å². The van der Waals surface area contributed by atoms with Crippen LogP contribution in [0.2, 0.25) is 0 Å². The minimum absolute atomic E-state index is 0.0504. The Bertz CT molecular complexity index is 1020. The number of nitrogens with one attached hydrogen (secondary N) is 1. The number of para-hydroxylation sites is 1. The molecule has 1 aromatic heterocycles. The van der Waals surface area contributed by atoms with E-state index in [1.807, 2.05) is 25.1 Å². The van der Waals surface area contributed by atoms with Gasteiger partial charge in [-0.2, -0.15) is 0 Å². The summed E-state index contributed by atoms with van der Waals surface area (Å²) in [7, 11) is 0. The van der Waals surface area contributed by atoms with Crippen molar-refractivity contribution in [2.45, 2.75) is 19.8 Å². The number of likely N-dealkylation sites (tertiary alicyclic amines) is 1. The van der Waals surface area contributed by atoms with E-state index in [9.17, 15) is 14.0 Å². The Balaban J connectivity index is 1.36. The van der Waals surface area contributed by atoms with Crippen molar-refractivity contribution >= 4 is 38.5 Å². The average molecular weight is 397 g/mol. The number of rotatable bonds is 3. The van der Waals surface area contributed by atoms with Gasteiger partial charge in [0.25, 0.3) is 5.91 Å². The molecule has 1 aliphatic heterocycles. The minimum atomic E-state index is -0.364. The van der Waals surface area contributed by atoms with Gasteiger partial charge in [0.05, 0.1) is 10.2 Å². The van der Waals surface area contributed by atoms with Crippen LogP contribution < -0.4 is 5.32 Å². The van der Waals surface area contributed by atoms with Crippen LogP contribution in [-0.2, 0) is 4.79 Å². The van der Waals surface area contributed by atoms with E-state index >= 15 is 0 Å². The van der Waals surface area contributed by atoms with E-state index in [1.54, 1.807) is 4.90 Å². The zero-order valence-corrected chi connectivity index (χ0v) is 16.3. The summed E-state index contributed by atoms with van der Waals surface area (Å²) in [6, 6.07) is 11.5. The first kappa shape index (κ1) is 18.6. The molecule has 28 heavy (non-hydrogen) atoms. The van der Waals surface area contributed by atoms with Gasteiger partial charge in [-0.1, -0.05) is 23.5 Å². The maximum Gasteiger partial charge on any atom is 0.253 e. The van der Waals surface area contributed by atoms with Gasteiger partial charge in [-0.15, -0.1) is 0 Å². The standard InChI is InChI=1S/C21H20FN3O2S/c1-13-3-2-4-17-18(13)23-21(28-17)24-19(26)14-9-11-25(12-10-14)20(27)15-5-7-16(22)8-6-15/h2-8,14H,9-12H2,1H3,(H,23,24,26). The minimum Gasteiger partial charge on any atom is -0.339 e. The van der Waals surface area contributed by atoms with Gasteiger partial charge in [-0.05, 0) is 55.7 Å². The Labute approximate surface area is 166 Å². The lowest BCUT2D eigenvalue weighted by Gasteiger charge is -2.31. The zero-order valence-electron chi connectivity index (χ0n) is 15.4. The van der Waals surface area contributed by atoms with Crippen molar-refractivity contribution in [2.24, 2.45) is 5.92 Å². The molecule has 1 fully saturated rings. The highest BCUT2D eigenvalue weighted by Gasteiger charge is 2.28. The number of benzene rings is 2. The highest BCUT2D eigenvalue weighted by Crippen LogP contribution is 2.29. The number of anilines is 1. The third-order valence-corrected chi connectivity index (χ3v) is 6.03. The number of hydrogen-bond acceptors (Lipinski definition) is 4. The predicted octanol–water partition coefficient (Wildman–Crippen LogP) is 4.23. The highest BCUT2D eigenvalue weighted by atomic mass is 32.1. The summed E-state index contributed by atoms with van der Waals surface area (Å²) in [5.74, 6) is -0.687. The molecule has 3 aromatic rings. The van der Waals surface area contributed by atoms with Gasteiger partial charge < -0.3 is 10.2 Å². The summed E-state index contributed by atoms with van der Waals surface area (Å²) in [5.41, 5.74) is 2.47. The van der Waals surface area contributed by atoms with Gasteiger partial charge in [0.2, 0.25) is 5.91 Å². The molecule has 1 aliphatic rings. The van der Waals surface area contributed by atoms with E-state index in [0.717, 1.165) is 15.8 Å². The van der Waals surface area contributed by atoms with Crippen molar-refractivity contribution < 1.29 is 14.0 Å². The normalized spacial score (nSPS) is 15.0. The van der Waals surface area contributed by atoms with E-state index in [-0.39, 0.29) is 23.5 Å². The van der Waals surface area contributed by atoms with Crippen molar-refractivity contribution in [2.75, 3.05) is 18.4 Å². The number of aromatic nitrogens is 1. The number of nitrogens with zero attached hydrogens (tertiary/aromatic N) is 2. The number of carbonyl (C=O) groups excluding carboxylic acids is 2. The molecule has 1 saturated heterocycles. The molecule has 1 N–H and O–H groups in total. The number of thiazole rings is 1. The van der Waals surface area contributed by atoms with Crippen LogP contribution in [0.15, 0.2) is 42.5 Å². The molecular formula is C21H20FN3O2S. The van der Waals surface area contributed by atoms with E-state index < -0.39 is 0 Å². The largest absolute Gasteiger partial charge is 0.339 e. The molecule has 0 unspecified atom stereocenters. The summed E-state index contributed by atoms with van der Waals surface area (Å²) in [6.45, 7) is 3.02. The summed E-state index contributed by atoms with van der Waals surface area (Å²) in [6.07, 6.45) is 1.20. The molecule has 0 saturated carbocycles. The second-order valence-electron chi connectivity index (χ2n) is 7.00. The van der Waals surface area contributed by atoms with Crippen LogP contribution in [0.4, 0.5) is 9.52 Å². The number of piperidine rings is 1. The number of halogens is 1. The second-order valence-corrected chi connectivity index (χ2v) is 8.03. The molecule has 4 rings (SSSR count). The fourth-order valence-electron chi connectivity index (χ4n) is 3.47. The molecular weight excluding hydrogens is 377 g/mol. The maximum absolute atomic E-state index is 13.0. The Morgan fingerprint density at radius 2 is 1.86 bits per heavy atom. The van der Waals surface area contributed by atoms with Crippen LogP contribution in [0, 0.1) is 18.7 Å². The van der Waals surface area contributed by atoms with Crippen LogP contribution >= 0.6 is 11.3 Å². The summed E-state index contributed by atoms with van der Waals surface area (Å²) in [4.78, 5) is 31.4. The van der Waals surface area contributed by atoms with E-state index in [1.165, 1.54) is 35.6 Å². The van der Waals surface area contributed by atoms with Crippen LogP contribution in [0.25, 0.3) is 10.2 Å². The Kier molecular flexibility index (Phi) is 5.09. The van der Waals surface area contributed by atoms with Gasteiger partial charge >= 0.3 is 0 Å². The zero-order chi connectivity index (χ0) is 19.7. The fraction of sp³-hybridized carbons (Fsp3) is 0.286. The Hall–Kier alpha value is -2.80. The molecule has 5 nitrogen and oxygen atoms in total. The van der Waals surface area contributed by atoms with E-state index in [0.29, 0.717) is 36.6 Å². The lowest BCUT2D eigenvalue weighted by molar-refractivity contribution is -0.121. The quantitative estimate of drug-likeness (QED) is 0.719. The van der Waals surface area contributed by atoms with Gasteiger partial charge in [-0.3, -0.25) is 9.59 Å². The molecule has 2 amide bonds. The Morgan fingerprint density at radius 3 is 2.54 bits per heavy atom. The highest BCUT2D eigenvalue weighted by molar-refractivity contribution is 7.22. The van der Waals surface area contributed by atoms with E-state index in [4.69, 9.17) is 0 Å². The van der Waals surface area contributed by atoms with Gasteiger partial charge in [0.15, 0.2) is 5.13 Å². The lowest BCUT2D eigenvalue weighted by atomic mass is 9.95. The first-order valence-electron chi connectivity index (χ1n) is 9.23. The molecule has 0 atom stereocenters. The first-order valence-corrected chi connectivity index (χ1v) is 10.0. The van der Waals surface area contributed by atoms with Crippen molar-refractivity contribution in [1.29, 1.82) is 0 Å². The second kappa shape index (κ2) is 7.67. The average Bonchev–Trinajstić information content (AvgIpc) is 3.12. The van der Waals surface area contributed by atoms with Gasteiger partial charge in [0.1, 0.15) is 5.82 Å². The topological polar surface area (TPSA) is 62.3 Å². The number of amides is 2. The summed E-state index contributed by atoms with van der Waals surface area (Å²) in [5, 5.41) is 3.54. The molecule has 7 heteroatoms. The lowest BCUT2D eigenvalue weighted by Crippen LogP contribution is -2.41. The molecule has 144 valence electrons. The smallest absolute Gasteiger partial charge is 0.253 e. The van der Waals surface area contributed by atoms with Crippen molar-refractivity contribution in [3.05, 3.63) is 59.4 Å². The van der Waals surface area contributed by atoms with Crippen LogP contribution in [0.5, 0.6) is 0 Å². The molecule has 0 bridgehead atoms. The van der Waals surface area contributed by atoms with Crippen LogP contribution in [-0.4, -0.2) is 34.8 Å². The van der Waals surface area contributed by atoms with Crippen LogP contribution in [0.1, 0.15) is 28.8 Å². The predicted molar refractivity (Wildman–Crippen MR) is 108 cm³/mol. The molecule has 2 aromatic carbocycles.